The van der Waals surface area contributed by atoms with Crippen molar-refractivity contribution in [2.24, 2.45) is 4.99 Å². The van der Waals surface area contributed by atoms with Gasteiger partial charge < -0.3 is 25.0 Å². The summed E-state index contributed by atoms with van der Waals surface area (Å²) in [5.74, 6) is 1.12. The Kier molecular flexibility index (Phi) is 9.04. The number of nitrogens with one attached hydrogen (secondary N) is 2. The number of ether oxygens (including phenoxy) is 2. The quantitative estimate of drug-likeness (QED) is 0.350. The molecule has 7 nitrogen and oxygen atoms in total. The molecule has 0 radical (unpaired) electrons. The smallest absolute Gasteiger partial charge is 0.222 e. The summed E-state index contributed by atoms with van der Waals surface area (Å²) in [6.45, 7) is 7.01. The number of amides is 1. The van der Waals surface area contributed by atoms with E-state index >= 15 is 0 Å². The van der Waals surface area contributed by atoms with Gasteiger partial charge in [-0.15, -0.1) is 0 Å². The lowest BCUT2D eigenvalue weighted by Crippen LogP contribution is -2.42. The zero-order valence-corrected chi connectivity index (χ0v) is 15.8. The summed E-state index contributed by atoms with van der Waals surface area (Å²) in [7, 11) is 1.78. The third kappa shape index (κ3) is 6.82. The number of carbonyl (C=O) groups is 1. The Morgan fingerprint density at radius 2 is 2.28 bits per heavy atom. The van der Waals surface area contributed by atoms with E-state index in [1.807, 2.05) is 4.90 Å². The van der Waals surface area contributed by atoms with E-state index in [4.69, 9.17) is 9.47 Å². The minimum atomic E-state index is 0.275. The van der Waals surface area contributed by atoms with Gasteiger partial charge in [0, 0.05) is 52.4 Å². The van der Waals surface area contributed by atoms with Gasteiger partial charge in [-0.2, -0.15) is 0 Å². The van der Waals surface area contributed by atoms with Crippen LogP contribution in [0.1, 0.15) is 45.4 Å². The van der Waals surface area contributed by atoms with Crippen LogP contribution in [0.2, 0.25) is 0 Å². The van der Waals surface area contributed by atoms with Gasteiger partial charge in [0.2, 0.25) is 5.91 Å². The Balaban J connectivity index is 1.55. The predicted octanol–water partition coefficient (Wildman–Crippen LogP) is 1.14. The second kappa shape index (κ2) is 11.3. The minimum Gasteiger partial charge on any atom is -0.379 e. The Hall–Kier alpha value is -1.34. The van der Waals surface area contributed by atoms with E-state index in [1.54, 1.807) is 7.05 Å². The molecule has 2 aliphatic rings. The molecule has 0 bridgehead atoms. The van der Waals surface area contributed by atoms with E-state index < -0.39 is 0 Å². The first-order chi connectivity index (χ1) is 12.2. The molecular formula is C18H34N4O3. The van der Waals surface area contributed by atoms with Crippen LogP contribution in [-0.4, -0.2) is 75.4 Å². The van der Waals surface area contributed by atoms with Crippen LogP contribution in [0.15, 0.2) is 4.99 Å². The fourth-order valence-electron chi connectivity index (χ4n) is 3.39. The molecule has 0 aromatic heterocycles. The van der Waals surface area contributed by atoms with Crippen LogP contribution in [0, 0.1) is 0 Å². The topological polar surface area (TPSA) is 75.2 Å². The molecule has 1 amide bonds. The monoisotopic (exact) mass is 354 g/mol. The summed E-state index contributed by atoms with van der Waals surface area (Å²) in [6, 6.07) is 0.336. The Bertz CT molecular complexity index is 425. The molecule has 2 N–H and O–H groups in total. The van der Waals surface area contributed by atoms with Crippen molar-refractivity contribution in [1.82, 2.24) is 15.5 Å². The van der Waals surface area contributed by atoms with E-state index in [0.29, 0.717) is 18.4 Å². The van der Waals surface area contributed by atoms with Gasteiger partial charge in [-0.1, -0.05) is 6.92 Å². The average Bonchev–Trinajstić information content (AvgIpc) is 3.28. The highest BCUT2D eigenvalue weighted by molar-refractivity contribution is 5.79. The molecule has 2 rings (SSSR count). The molecule has 2 aliphatic heterocycles. The van der Waals surface area contributed by atoms with Crippen molar-refractivity contribution >= 4 is 11.9 Å². The average molecular weight is 354 g/mol. The van der Waals surface area contributed by atoms with E-state index in [1.165, 1.54) is 0 Å². The summed E-state index contributed by atoms with van der Waals surface area (Å²) in [5, 5.41) is 6.66. The van der Waals surface area contributed by atoms with Gasteiger partial charge in [0.15, 0.2) is 5.96 Å². The highest BCUT2D eigenvalue weighted by atomic mass is 16.5. The molecule has 0 aromatic carbocycles. The van der Waals surface area contributed by atoms with Gasteiger partial charge in [0.1, 0.15) is 0 Å². The van der Waals surface area contributed by atoms with Crippen LogP contribution >= 0.6 is 0 Å². The molecule has 2 atom stereocenters. The highest BCUT2D eigenvalue weighted by Gasteiger charge is 2.26. The van der Waals surface area contributed by atoms with Crippen LogP contribution in [-0.2, 0) is 14.3 Å². The van der Waals surface area contributed by atoms with Crippen LogP contribution in [0.25, 0.3) is 0 Å². The molecular weight excluding hydrogens is 320 g/mol. The van der Waals surface area contributed by atoms with Gasteiger partial charge in [-0.3, -0.25) is 9.79 Å². The minimum absolute atomic E-state index is 0.275. The number of nitrogens with zero attached hydrogens (tertiary/aromatic N) is 2. The van der Waals surface area contributed by atoms with Crippen molar-refractivity contribution < 1.29 is 14.3 Å². The highest BCUT2D eigenvalue weighted by Crippen LogP contribution is 2.17. The standard InChI is InChI=1S/C18H34N4O3/c1-3-15(22-11-4-6-17(22)23)7-10-21-18(19-2)20-9-5-12-25-16-8-13-24-14-16/h15-16H,3-14H2,1-2H3,(H2,19,20,21). The zero-order chi connectivity index (χ0) is 17.9. The van der Waals surface area contributed by atoms with E-state index in [-0.39, 0.29) is 6.10 Å². The molecule has 0 aromatic rings. The first-order valence-electron chi connectivity index (χ1n) is 9.68. The van der Waals surface area contributed by atoms with Crippen LogP contribution in [0.3, 0.4) is 0 Å². The normalized spacial score (nSPS) is 22.5. The third-order valence-corrected chi connectivity index (χ3v) is 4.87. The Morgan fingerprint density at radius 1 is 1.44 bits per heavy atom. The maximum Gasteiger partial charge on any atom is 0.222 e. The fraction of sp³-hybridized carbons (Fsp3) is 0.889. The molecule has 0 spiro atoms. The second-order valence-corrected chi connectivity index (χ2v) is 6.68. The van der Waals surface area contributed by atoms with E-state index in [0.717, 1.165) is 77.5 Å². The number of carbonyl (C=O) groups excluding carboxylic acids is 1. The van der Waals surface area contributed by atoms with Crippen LogP contribution in [0.4, 0.5) is 0 Å². The Labute approximate surface area is 151 Å². The van der Waals surface area contributed by atoms with Gasteiger partial charge in [-0.25, -0.2) is 0 Å². The Morgan fingerprint density at radius 3 is 2.92 bits per heavy atom. The van der Waals surface area contributed by atoms with Crippen LogP contribution in [0.5, 0.6) is 0 Å². The predicted molar refractivity (Wildman–Crippen MR) is 98.8 cm³/mol. The molecule has 2 heterocycles. The lowest BCUT2D eigenvalue weighted by Gasteiger charge is -2.27. The van der Waals surface area contributed by atoms with Crippen LogP contribution < -0.4 is 10.6 Å². The number of rotatable bonds is 10. The van der Waals surface area contributed by atoms with Crippen molar-refractivity contribution in [1.29, 1.82) is 0 Å². The van der Waals surface area contributed by atoms with Crippen molar-refractivity contribution in [2.75, 3.05) is 46.5 Å². The molecule has 7 heteroatoms. The molecule has 2 saturated heterocycles. The maximum absolute atomic E-state index is 11.9. The van der Waals surface area contributed by atoms with Crippen molar-refractivity contribution in [2.45, 2.75) is 57.6 Å². The van der Waals surface area contributed by atoms with Gasteiger partial charge in [0.05, 0.1) is 12.7 Å². The number of guanidine groups is 1. The maximum atomic E-state index is 11.9. The molecule has 2 unspecified atom stereocenters. The first-order valence-corrected chi connectivity index (χ1v) is 9.68. The van der Waals surface area contributed by atoms with Gasteiger partial charge >= 0.3 is 0 Å². The molecule has 0 aliphatic carbocycles. The molecule has 25 heavy (non-hydrogen) atoms. The zero-order valence-electron chi connectivity index (χ0n) is 15.8. The summed E-state index contributed by atoms with van der Waals surface area (Å²) in [5.41, 5.74) is 0. The van der Waals surface area contributed by atoms with E-state index in [9.17, 15) is 4.79 Å². The second-order valence-electron chi connectivity index (χ2n) is 6.68. The number of hydrogen-bond donors (Lipinski definition) is 2. The van der Waals surface area contributed by atoms with Crippen molar-refractivity contribution in [3.05, 3.63) is 0 Å². The fourth-order valence-corrected chi connectivity index (χ4v) is 3.39. The molecule has 0 saturated carbocycles. The van der Waals surface area contributed by atoms with Gasteiger partial charge in [-0.05, 0) is 32.1 Å². The third-order valence-electron chi connectivity index (χ3n) is 4.87. The summed E-state index contributed by atoms with van der Waals surface area (Å²) in [4.78, 5) is 18.2. The van der Waals surface area contributed by atoms with E-state index in [2.05, 4.69) is 22.5 Å². The lowest BCUT2D eigenvalue weighted by atomic mass is 10.1. The number of likely N-dealkylation sites (tertiary alicyclic amines) is 1. The number of aliphatic imine (C=N–C) groups is 1. The number of hydrogen-bond acceptors (Lipinski definition) is 4. The SMILES string of the molecule is CCC(CCNC(=NC)NCCCOC1CCOC1)N1CCCC1=O. The van der Waals surface area contributed by atoms with Crippen molar-refractivity contribution in [3.8, 4) is 0 Å². The molecule has 2 fully saturated rings. The summed E-state index contributed by atoms with van der Waals surface area (Å²) < 4.78 is 11.0. The van der Waals surface area contributed by atoms with Gasteiger partial charge in [0.25, 0.3) is 0 Å². The molecule has 144 valence electrons. The van der Waals surface area contributed by atoms with Crippen molar-refractivity contribution in [3.63, 3.8) is 0 Å². The first kappa shape index (κ1) is 20.0. The summed E-state index contributed by atoms with van der Waals surface area (Å²) >= 11 is 0. The summed E-state index contributed by atoms with van der Waals surface area (Å²) in [6.07, 6.45) is 5.89. The lowest BCUT2D eigenvalue weighted by molar-refractivity contribution is -0.129. The largest absolute Gasteiger partial charge is 0.379 e.